The van der Waals surface area contributed by atoms with Crippen LogP contribution in [0.5, 0.6) is 0 Å². The fourth-order valence-electron chi connectivity index (χ4n) is 3.02. The number of sulfonamides is 1. The van der Waals surface area contributed by atoms with Gasteiger partial charge in [0.2, 0.25) is 0 Å². The van der Waals surface area contributed by atoms with Gasteiger partial charge in [0.05, 0.1) is 22.6 Å². The van der Waals surface area contributed by atoms with Crippen molar-refractivity contribution in [1.29, 1.82) is 0 Å². The summed E-state index contributed by atoms with van der Waals surface area (Å²) in [6.07, 6.45) is 0. The van der Waals surface area contributed by atoms with E-state index >= 15 is 0 Å². The Labute approximate surface area is 191 Å². The molecule has 0 aromatic heterocycles. The Hall–Kier alpha value is -3.36. The van der Waals surface area contributed by atoms with Crippen molar-refractivity contribution in [2.45, 2.75) is 18.7 Å². The lowest BCUT2D eigenvalue weighted by Gasteiger charge is -2.13. The number of aryl methyl sites for hydroxylation is 2. The number of carbonyl (C=O) groups is 2. The van der Waals surface area contributed by atoms with Crippen LogP contribution in [-0.2, 0) is 14.8 Å². The second-order valence-electron chi connectivity index (χ2n) is 7.10. The van der Waals surface area contributed by atoms with Crippen LogP contribution in [-0.4, -0.2) is 27.4 Å². The molecule has 32 heavy (non-hydrogen) atoms. The van der Waals surface area contributed by atoms with E-state index in [1.807, 2.05) is 13.0 Å². The second-order valence-corrected chi connectivity index (χ2v) is 9.15. The summed E-state index contributed by atoms with van der Waals surface area (Å²) >= 11 is 6.00. The predicted molar refractivity (Wildman–Crippen MR) is 124 cm³/mol. The SMILES string of the molecule is COC(=O)c1cc(NC(=O)c2ccc(C)c(S(=O)(=O)Nc3cccc(C)c3)c2)ccc1Cl. The molecule has 0 saturated heterocycles. The monoisotopic (exact) mass is 472 g/mol. The van der Waals surface area contributed by atoms with Crippen molar-refractivity contribution >= 4 is 44.9 Å². The largest absolute Gasteiger partial charge is 0.465 e. The van der Waals surface area contributed by atoms with Gasteiger partial charge in [-0.3, -0.25) is 9.52 Å². The molecular weight excluding hydrogens is 452 g/mol. The smallest absolute Gasteiger partial charge is 0.339 e. The number of hydrogen-bond donors (Lipinski definition) is 2. The van der Waals surface area contributed by atoms with Gasteiger partial charge in [0, 0.05) is 16.9 Å². The molecule has 0 radical (unpaired) electrons. The van der Waals surface area contributed by atoms with Gasteiger partial charge in [-0.2, -0.15) is 0 Å². The zero-order valence-corrected chi connectivity index (χ0v) is 19.2. The molecule has 0 bridgehead atoms. The quantitative estimate of drug-likeness (QED) is 0.502. The van der Waals surface area contributed by atoms with Gasteiger partial charge in [-0.25, -0.2) is 13.2 Å². The summed E-state index contributed by atoms with van der Waals surface area (Å²) in [4.78, 5) is 24.6. The highest BCUT2D eigenvalue weighted by Crippen LogP contribution is 2.24. The van der Waals surface area contributed by atoms with Gasteiger partial charge in [0.1, 0.15) is 0 Å². The number of rotatable bonds is 6. The summed E-state index contributed by atoms with van der Waals surface area (Å²) in [5.41, 5.74) is 2.36. The molecule has 0 heterocycles. The molecule has 0 fully saturated rings. The van der Waals surface area contributed by atoms with Crippen LogP contribution in [0.25, 0.3) is 0 Å². The first-order valence-electron chi connectivity index (χ1n) is 9.50. The van der Waals surface area contributed by atoms with E-state index in [0.29, 0.717) is 16.9 Å². The van der Waals surface area contributed by atoms with E-state index in [4.69, 9.17) is 11.6 Å². The third-order valence-electron chi connectivity index (χ3n) is 4.64. The highest BCUT2D eigenvalue weighted by atomic mass is 35.5. The fraction of sp³-hybridized carbons (Fsp3) is 0.130. The summed E-state index contributed by atoms with van der Waals surface area (Å²) in [5, 5.41) is 2.82. The van der Waals surface area contributed by atoms with Crippen LogP contribution in [0.1, 0.15) is 31.8 Å². The highest BCUT2D eigenvalue weighted by molar-refractivity contribution is 7.92. The van der Waals surface area contributed by atoms with Crippen LogP contribution < -0.4 is 10.0 Å². The number of hydrogen-bond acceptors (Lipinski definition) is 5. The van der Waals surface area contributed by atoms with E-state index in [9.17, 15) is 18.0 Å². The number of methoxy groups -OCH3 is 1. The molecular formula is C23H21ClN2O5S. The van der Waals surface area contributed by atoms with Crippen molar-refractivity contribution in [2.75, 3.05) is 17.1 Å². The fourth-order valence-corrected chi connectivity index (χ4v) is 4.54. The van der Waals surface area contributed by atoms with E-state index < -0.39 is 21.9 Å². The van der Waals surface area contributed by atoms with E-state index in [-0.39, 0.29) is 21.0 Å². The Morgan fingerprint density at radius 3 is 2.38 bits per heavy atom. The molecule has 3 aromatic rings. The van der Waals surface area contributed by atoms with Gasteiger partial charge >= 0.3 is 5.97 Å². The van der Waals surface area contributed by atoms with Crippen molar-refractivity contribution in [3.8, 4) is 0 Å². The Bertz CT molecular complexity index is 1310. The Balaban J connectivity index is 1.88. The topological polar surface area (TPSA) is 102 Å². The van der Waals surface area contributed by atoms with Gasteiger partial charge in [-0.05, 0) is 67.4 Å². The molecule has 3 aromatic carbocycles. The van der Waals surface area contributed by atoms with Gasteiger partial charge in [-0.15, -0.1) is 0 Å². The lowest BCUT2D eigenvalue weighted by atomic mass is 10.1. The van der Waals surface area contributed by atoms with Gasteiger partial charge in [0.25, 0.3) is 15.9 Å². The number of amides is 1. The van der Waals surface area contributed by atoms with Crippen LogP contribution in [0, 0.1) is 13.8 Å². The molecule has 0 unspecified atom stereocenters. The minimum atomic E-state index is -3.93. The minimum Gasteiger partial charge on any atom is -0.465 e. The first-order valence-corrected chi connectivity index (χ1v) is 11.4. The van der Waals surface area contributed by atoms with Crippen molar-refractivity contribution in [2.24, 2.45) is 0 Å². The van der Waals surface area contributed by atoms with Crippen LogP contribution in [0.4, 0.5) is 11.4 Å². The molecule has 0 atom stereocenters. The minimum absolute atomic E-state index is 0.0157. The maximum atomic E-state index is 12.9. The average molecular weight is 473 g/mol. The average Bonchev–Trinajstić information content (AvgIpc) is 2.74. The number of anilines is 2. The summed E-state index contributed by atoms with van der Waals surface area (Å²) in [6, 6.07) is 15.7. The van der Waals surface area contributed by atoms with Gasteiger partial charge in [0.15, 0.2) is 0 Å². The molecule has 3 rings (SSSR count). The normalized spacial score (nSPS) is 11.0. The van der Waals surface area contributed by atoms with Crippen LogP contribution in [0.2, 0.25) is 5.02 Å². The molecule has 1 amide bonds. The van der Waals surface area contributed by atoms with E-state index in [1.165, 1.54) is 37.4 Å². The lowest BCUT2D eigenvalue weighted by Crippen LogP contribution is -2.17. The van der Waals surface area contributed by atoms with Crippen molar-refractivity contribution < 1.29 is 22.7 Å². The van der Waals surface area contributed by atoms with Crippen molar-refractivity contribution in [1.82, 2.24) is 0 Å². The molecule has 0 saturated carbocycles. The van der Waals surface area contributed by atoms with Crippen LogP contribution in [0.3, 0.4) is 0 Å². The summed E-state index contributed by atoms with van der Waals surface area (Å²) < 4.78 is 33.1. The summed E-state index contributed by atoms with van der Waals surface area (Å²) in [7, 11) is -2.70. The van der Waals surface area contributed by atoms with Gasteiger partial charge < -0.3 is 10.1 Å². The maximum Gasteiger partial charge on any atom is 0.339 e. The summed E-state index contributed by atoms with van der Waals surface area (Å²) in [6.45, 7) is 3.50. The standard InChI is InChI=1S/C23H21ClN2O5S/c1-14-5-4-6-18(11-14)26-32(29,30)21-12-16(8-7-15(21)2)22(27)25-17-9-10-20(24)19(13-17)23(28)31-3/h4-13,26H,1-3H3,(H,25,27). The van der Waals surface area contributed by atoms with E-state index in [1.54, 1.807) is 31.2 Å². The zero-order chi connectivity index (χ0) is 23.5. The van der Waals surface area contributed by atoms with Crippen molar-refractivity contribution in [3.63, 3.8) is 0 Å². The predicted octanol–water partition coefficient (Wildman–Crippen LogP) is 4.80. The Kier molecular flexibility index (Phi) is 6.86. The third kappa shape index (κ3) is 5.27. The van der Waals surface area contributed by atoms with Crippen molar-refractivity contribution in [3.05, 3.63) is 87.9 Å². The van der Waals surface area contributed by atoms with Crippen LogP contribution >= 0.6 is 11.6 Å². The molecule has 0 aliphatic heterocycles. The summed E-state index contributed by atoms with van der Waals surface area (Å²) in [5.74, 6) is -1.19. The molecule has 2 N–H and O–H groups in total. The number of benzene rings is 3. The highest BCUT2D eigenvalue weighted by Gasteiger charge is 2.20. The number of halogens is 1. The van der Waals surface area contributed by atoms with E-state index in [0.717, 1.165) is 5.56 Å². The second kappa shape index (κ2) is 9.42. The lowest BCUT2D eigenvalue weighted by molar-refractivity contribution is 0.0600. The molecule has 0 spiro atoms. The Morgan fingerprint density at radius 1 is 0.938 bits per heavy atom. The molecule has 166 valence electrons. The maximum absolute atomic E-state index is 12.9. The number of ether oxygens (including phenoxy) is 1. The zero-order valence-electron chi connectivity index (χ0n) is 17.6. The molecule has 9 heteroatoms. The van der Waals surface area contributed by atoms with Crippen LogP contribution in [0.15, 0.2) is 65.6 Å². The van der Waals surface area contributed by atoms with E-state index in [2.05, 4.69) is 14.8 Å². The number of carbonyl (C=O) groups excluding carboxylic acids is 2. The molecule has 7 nitrogen and oxygen atoms in total. The number of nitrogens with one attached hydrogen (secondary N) is 2. The Morgan fingerprint density at radius 2 is 1.69 bits per heavy atom. The first-order chi connectivity index (χ1) is 15.1. The third-order valence-corrected chi connectivity index (χ3v) is 6.49. The number of esters is 1. The molecule has 0 aliphatic rings. The first kappa shape index (κ1) is 23.3. The van der Waals surface area contributed by atoms with Gasteiger partial charge in [-0.1, -0.05) is 29.8 Å². The molecule has 0 aliphatic carbocycles.